The van der Waals surface area contributed by atoms with E-state index in [0.717, 1.165) is 34.7 Å². The second kappa shape index (κ2) is 15.3. The molecule has 1 unspecified atom stereocenters. The molecule has 2 heterocycles. The molecule has 0 aliphatic carbocycles. The van der Waals surface area contributed by atoms with E-state index in [9.17, 15) is 14.4 Å². The minimum absolute atomic E-state index is 0.0196. The molecule has 214 valence electrons. The molecule has 1 aliphatic heterocycles. The minimum Gasteiger partial charge on any atom is -0.379 e. The molecular formula is C28H40ClN5O4S. The molecular weight excluding hydrogens is 538 g/mol. The van der Waals surface area contributed by atoms with Crippen LogP contribution < -0.4 is 16.0 Å². The van der Waals surface area contributed by atoms with Crippen molar-refractivity contribution in [2.24, 2.45) is 11.8 Å². The highest BCUT2D eigenvalue weighted by molar-refractivity contribution is 7.18. The standard InChI is InChI=1S/C28H40ClN5O4S/c1-5-18(3)20(15-30-27(36)19(4)17-34-9-11-38-12-10-34)16-31-28(37)23(32-25(35)6-2)14-26-33-22-8-7-21(29)13-24(22)39-26/h7-8,13,18,20,23H,4-6,9-12,14-17H2,1-3H3,(H,30,36)(H,31,37)(H,32,35)/t18-,20?,23-/m0/s1. The first-order valence-corrected chi connectivity index (χ1v) is 14.8. The van der Waals surface area contributed by atoms with Crippen LogP contribution in [0.5, 0.6) is 0 Å². The van der Waals surface area contributed by atoms with Gasteiger partial charge >= 0.3 is 0 Å². The lowest BCUT2D eigenvalue weighted by Gasteiger charge is -2.28. The summed E-state index contributed by atoms with van der Waals surface area (Å²) in [4.78, 5) is 45.0. The van der Waals surface area contributed by atoms with Gasteiger partial charge in [-0.2, -0.15) is 0 Å². The summed E-state index contributed by atoms with van der Waals surface area (Å²) >= 11 is 7.56. The van der Waals surface area contributed by atoms with Gasteiger partial charge in [-0.15, -0.1) is 11.3 Å². The summed E-state index contributed by atoms with van der Waals surface area (Å²) in [6, 6.07) is 4.72. The molecule has 9 nitrogen and oxygen atoms in total. The minimum atomic E-state index is -0.756. The summed E-state index contributed by atoms with van der Waals surface area (Å²) in [5, 5.41) is 10.2. The maximum atomic E-state index is 13.3. The fourth-order valence-electron chi connectivity index (χ4n) is 4.33. The van der Waals surface area contributed by atoms with E-state index in [1.165, 1.54) is 11.3 Å². The van der Waals surface area contributed by atoms with Crippen molar-refractivity contribution in [3.05, 3.63) is 40.4 Å². The number of ether oxygens (including phenoxy) is 1. The average Bonchev–Trinajstić information content (AvgIpc) is 3.33. The summed E-state index contributed by atoms with van der Waals surface area (Å²) < 4.78 is 6.30. The number of rotatable bonds is 14. The van der Waals surface area contributed by atoms with Crippen LogP contribution in [0, 0.1) is 11.8 Å². The predicted molar refractivity (Wildman–Crippen MR) is 156 cm³/mol. The number of thiazole rings is 1. The number of halogens is 1. The van der Waals surface area contributed by atoms with Gasteiger partial charge < -0.3 is 20.7 Å². The topological polar surface area (TPSA) is 113 Å². The maximum absolute atomic E-state index is 13.3. The Kier molecular flexibility index (Phi) is 12.2. The van der Waals surface area contributed by atoms with Crippen LogP contribution in [0.1, 0.15) is 38.6 Å². The van der Waals surface area contributed by atoms with Gasteiger partial charge in [0.2, 0.25) is 17.7 Å². The monoisotopic (exact) mass is 577 g/mol. The summed E-state index contributed by atoms with van der Waals surface area (Å²) in [6.45, 7) is 14.1. The molecule has 0 saturated carbocycles. The number of carbonyl (C=O) groups is 3. The fraction of sp³-hybridized carbons (Fsp3) is 0.571. The summed E-state index contributed by atoms with van der Waals surface area (Å²) in [5.41, 5.74) is 1.33. The molecule has 39 heavy (non-hydrogen) atoms. The fourth-order valence-corrected chi connectivity index (χ4v) is 5.62. The zero-order chi connectivity index (χ0) is 28.4. The largest absolute Gasteiger partial charge is 0.379 e. The molecule has 11 heteroatoms. The zero-order valence-electron chi connectivity index (χ0n) is 23.1. The molecule has 1 aromatic carbocycles. The highest BCUT2D eigenvalue weighted by Gasteiger charge is 2.25. The number of hydrogen-bond donors (Lipinski definition) is 3. The van der Waals surface area contributed by atoms with Gasteiger partial charge in [-0.1, -0.05) is 45.4 Å². The van der Waals surface area contributed by atoms with E-state index in [2.05, 4.69) is 46.3 Å². The quantitative estimate of drug-likeness (QED) is 0.297. The van der Waals surface area contributed by atoms with Crippen LogP contribution in [0.3, 0.4) is 0 Å². The Balaban J connectivity index is 1.59. The number of carbonyl (C=O) groups excluding carboxylic acids is 3. The normalized spacial score (nSPS) is 16.3. The summed E-state index contributed by atoms with van der Waals surface area (Å²) in [7, 11) is 0. The van der Waals surface area contributed by atoms with Crippen molar-refractivity contribution in [3.63, 3.8) is 0 Å². The molecule has 1 fully saturated rings. The van der Waals surface area contributed by atoms with Crippen LogP contribution in [0.2, 0.25) is 5.02 Å². The second-order valence-corrected chi connectivity index (χ2v) is 11.5. The molecule has 0 bridgehead atoms. The molecule has 1 aliphatic rings. The Bertz CT molecular complexity index is 1150. The van der Waals surface area contributed by atoms with Crippen LogP contribution >= 0.6 is 22.9 Å². The number of hydrogen-bond acceptors (Lipinski definition) is 7. The van der Waals surface area contributed by atoms with Gasteiger partial charge in [0.15, 0.2) is 0 Å². The number of aromatic nitrogens is 1. The lowest BCUT2D eigenvalue weighted by Crippen LogP contribution is -2.50. The molecule has 3 rings (SSSR count). The number of nitrogens with zero attached hydrogens (tertiary/aromatic N) is 2. The van der Waals surface area contributed by atoms with Crippen molar-refractivity contribution in [3.8, 4) is 0 Å². The second-order valence-electron chi connectivity index (χ2n) is 9.99. The number of fused-ring (bicyclic) bond motifs is 1. The highest BCUT2D eigenvalue weighted by atomic mass is 35.5. The molecule has 3 amide bonds. The van der Waals surface area contributed by atoms with E-state index in [4.69, 9.17) is 16.3 Å². The molecule has 3 atom stereocenters. The molecule has 2 aromatic rings. The van der Waals surface area contributed by atoms with Crippen molar-refractivity contribution in [2.75, 3.05) is 45.9 Å². The van der Waals surface area contributed by atoms with Crippen molar-refractivity contribution >= 4 is 50.9 Å². The molecule has 3 N–H and O–H groups in total. The number of amides is 3. The van der Waals surface area contributed by atoms with E-state index in [-0.39, 0.29) is 42.4 Å². The third kappa shape index (κ3) is 9.56. The highest BCUT2D eigenvalue weighted by Crippen LogP contribution is 2.26. The third-order valence-corrected chi connectivity index (χ3v) is 8.37. The Labute approximate surface area is 239 Å². The van der Waals surface area contributed by atoms with Crippen LogP contribution in [-0.4, -0.2) is 79.6 Å². The Morgan fingerprint density at radius 3 is 2.59 bits per heavy atom. The predicted octanol–water partition coefficient (Wildman–Crippen LogP) is 3.17. The van der Waals surface area contributed by atoms with Crippen LogP contribution in [0.15, 0.2) is 30.4 Å². The smallest absolute Gasteiger partial charge is 0.247 e. The number of benzene rings is 1. The number of nitrogens with one attached hydrogen (secondary N) is 3. The van der Waals surface area contributed by atoms with Gasteiger partial charge in [-0.25, -0.2) is 4.98 Å². The Hall–Kier alpha value is -2.53. The van der Waals surface area contributed by atoms with Gasteiger partial charge in [0.25, 0.3) is 0 Å². The van der Waals surface area contributed by atoms with Crippen molar-refractivity contribution in [1.29, 1.82) is 0 Å². The van der Waals surface area contributed by atoms with E-state index >= 15 is 0 Å². The maximum Gasteiger partial charge on any atom is 0.247 e. The van der Waals surface area contributed by atoms with E-state index in [1.807, 2.05) is 12.1 Å². The van der Waals surface area contributed by atoms with Gasteiger partial charge in [-0.3, -0.25) is 19.3 Å². The van der Waals surface area contributed by atoms with Gasteiger partial charge in [-0.05, 0) is 30.0 Å². The molecule has 1 aromatic heterocycles. The first-order valence-electron chi connectivity index (χ1n) is 13.6. The molecule has 0 spiro atoms. The lowest BCUT2D eigenvalue weighted by molar-refractivity contribution is -0.129. The number of morpholine rings is 1. The van der Waals surface area contributed by atoms with E-state index in [0.29, 0.717) is 43.4 Å². The summed E-state index contributed by atoms with van der Waals surface area (Å²) in [5.74, 6) is -0.374. The van der Waals surface area contributed by atoms with Crippen LogP contribution in [0.25, 0.3) is 10.2 Å². The summed E-state index contributed by atoms with van der Waals surface area (Å²) in [6.07, 6.45) is 1.45. The zero-order valence-corrected chi connectivity index (χ0v) is 24.6. The molecule has 1 saturated heterocycles. The van der Waals surface area contributed by atoms with E-state index in [1.54, 1.807) is 13.0 Å². The Morgan fingerprint density at radius 2 is 1.90 bits per heavy atom. The van der Waals surface area contributed by atoms with Crippen molar-refractivity contribution < 1.29 is 19.1 Å². The SMILES string of the molecule is C=C(CN1CCOCC1)C(=O)NCC(CNC(=O)[C@H](Cc1nc2ccc(Cl)cc2s1)NC(=O)CC)[C@@H](C)CC. The van der Waals surface area contributed by atoms with Crippen molar-refractivity contribution in [1.82, 2.24) is 25.8 Å². The Morgan fingerprint density at radius 1 is 1.18 bits per heavy atom. The lowest BCUT2D eigenvalue weighted by atomic mass is 9.91. The molecule has 0 radical (unpaired) electrons. The van der Waals surface area contributed by atoms with Crippen LogP contribution in [-0.2, 0) is 25.5 Å². The van der Waals surface area contributed by atoms with Gasteiger partial charge in [0.1, 0.15) is 6.04 Å². The van der Waals surface area contributed by atoms with Gasteiger partial charge in [0, 0.05) is 56.2 Å². The van der Waals surface area contributed by atoms with Crippen LogP contribution in [0.4, 0.5) is 0 Å². The first kappa shape index (κ1) is 31.0. The van der Waals surface area contributed by atoms with Crippen molar-refractivity contribution in [2.45, 2.75) is 46.1 Å². The third-order valence-electron chi connectivity index (χ3n) is 7.10. The van der Waals surface area contributed by atoms with Gasteiger partial charge in [0.05, 0.1) is 28.4 Å². The van der Waals surface area contributed by atoms with E-state index < -0.39 is 6.04 Å². The average molecular weight is 578 g/mol. The first-order chi connectivity index (χ1) is 18.7.